The summed E-state index contributed by atoms with van der Waals surface area (Å²) in [5.41, 5.74) is 1.92. The summed E-state index contributed by atoms with van der Waals surface area (Å²) in [5, 5.41) is 2.81. The average molecular weight is 299 g/mol. The van der Waals surface area contributed by atoms with Gasteiger partial charge in [0.1, 0.15) is 23.3 Å². The fourth-order valence-corrected chi connectivity index (χ4v) is 2.41. The van der Waals surface area contributed by atoms with Crippen LogP contribution in [0.2, 0.25) is 0 Å². The van der Waals surface area contributed by atoms with E-state index in [1.165, 1.54) is 18.6 Å². The van der Waals surface area contributed by atoms with E-state index in [0.29, 0.717) is 18.0 Å². The van der Waals surface area contributed by atoms with E-state index in [2.05, 4.69) is 15.3 Å². The van der Waals surface area contributed by atoms with E-state index in [-0.39, 0.29) is 17.7 Å². The van der Waals surface area contributed by atoms with Crippen LogP contribution in [-0.2, 0) is 6.42 Å². The number of nitrogens with zero attached hydrogens (tertiary/aromatic N) is 2. The number of fused-ring (bicyclic) bond motifs is 1. The summed E-state index contributed by atoms with van der Waals surface area (Å²) >= 11 is 0. The molecule has 3 rings (SSSR count). The fourth-order valence-electron chi connectivity index (χ4n) is 2.41. The van der Waals surface area contributed by atoms with E-state index in [9.17, 15) is 4.79 Å². The summed E-state index contributed by atoms with van der Waals surface area (Å²) in [6.07, 6.45) is 5.39. The minimum absolute atomic E-state index is 0.135. The highest BCUT2D eigenvalue weighted by Gasteiger charge is 2.23. The summed E-state index contributed by atoms with van der Waals surface area (Å²) < 4.78 is 11.4. The Bertz CT molecular complexity index is 689. The van der Waals surface area contributed by atoms with Crippen molar-refractivity contribution in [3.05, 3.63) is 42.0 Å². The molecule has 0 fully saturated rings. The molecule has 0 aliphatic carbocycles. The van der Waals surface area contributed by atoms with Gasteiger partial charge in [-0.05, 0) is 19.9 Å². The zero-order chi connectivity index (χ0) is 15.5. The van der Waals surface area contributed by atoms with Crippen molar-refractivity contribution < 1.29 is 14.3 Å². The van der Waals surface area contributed by atoms with Gasteiger partial charge >= 0.3 is 0 Å². The third kappa shape index (κ3) is 2.86. The highest BCUT2D eigenvalue weighted by molar-refractivity contribution is 6.03. The molecule has 22 heavy (non-hydrogen) atoms. The number of hydrogen-bond acceptors (Lipinski definition) is 5. The van der Waals surface area contributed by atoms with Gasteiger partial charge in [0.2, 0.25) is 0 Å². The maximum Gasteiger partial charge on any atom is 0.275 e. The van der Waals surface area contributed by atoms with E-state index in [4.69, 9.17) is 9.47 Å². The Balaban J connectivity index is 1.89. The molecule has 1 aromatic carbocycles. The number of nitrogens with one attached hydrogen (secondary N) is 1. The molecule has 2 heterocycles. The van der Waals surface area contributed by atoms with Crippen LogP contribution >= 0.6 is 0 Å². The fraction of sp³-hybridized carbons (Fsp3) is 0.312. The molecular weight excluding hydrogens is 282 g/mol. The second-order valence-electron chi connectivity index (χ2n) is 5.07. The summed E-state index contributed by atoms with van der Waals surface area (Å²) in [6.45, 7) is 4.43. The Morgan fingerprint density at radius 1 is 1.45 bits per heavy atom. The number of aromatic nitrogens is 2. The van der Waals surface area contributed by atoms with Gasteiger partial charge in [-0.3, -0.25) is 9.78 Å². The van der Waals surface area contributed by atoms with Crippen LogP contribution in [0.15, 0.2) is 30.7 Å². The molecule has 1 aliphatic rings. The topological polar surface area (TPSA) is 73.3 Å². The zero-order valence-electron chi connectivity index (χ0n) is 12.5. The number of hydrogen-bond donors (Lipinski definition) is 1. The second-order valence-corrected chi connectivity index (χ2v) is 5.07. The molecule has 6 nitrogen and oxygen atoms in total. The molecule has 2 aromatic rings. The summed E-state index contributed by atoms with van der Waals surface area (Å²) in [4.78, 5) is 20.1. The lowest BCUT2D eigenvalue weighted by Crippen LogP contribution is -2.14. The van der Waals surface area contributed by atoms with Crippen LogP contribution in [0.3, 0.4) is 0 Å². The Kier molecular flexibility index (Phi) is 3.91. The van der Waals surface area contributed by atoms with Crippen molar-refractivity contribution in [2.24, 2.45) is 0 Å². The molecule has 1 N–H and O–H groups in total. The first-order chi connectivity index (χ1) is 10.7. The summed E-state index contributed by atoms with van der Waals surface area (Å²) in [7, 11) is 0. The molecular formula is C16H17N3O3. The monoisotopic (exact) mass is 299 g/mol. The number of carbonyl (C=O) groups is 1. The van der Waals surface area contributed by atoms with Gasteiger partial charge in [0.05, 0.1) is 18.5 Å². The van der Waals surface area contributed by atoms with Crippen molar-refractivity contribution in [1.29, 1.82) is 0 Å². The molecule has 0 saturated carbocycles. The van der Waals surface area contributed by atoms with Crippen molar-refractivity contribution in [3.63, 3.8) is 0 Å². The Morgan fingerprint density at radius 2 is 2.32 bits per heavy atom. The minimum atomic E-state index is -0.333. The SMILES string of the molecule is CCOc1cc2c(cc1NC(=O)c1cnccn1)O[C@H](C)C2. The van der Waals surface area contributed by atoms with Crippen LogP contribution in [0.25, 0.3) is 0 Å². The second kappa shape index (κ2) is 6.01. The Morgan fingerprint density at radius 3 is 3.05 bits per heavy atom. The predicted molar refractivity (Wildman–Crippen MR) is 81.4 cm³/mol. The normalized spacial score (nSPS) is 15.8. The minimum Gasteiger partial charge on any atom is -0.492 e. The van der Waals surface area contributed by atoms with Crippen LogP contribution in [0.1, 0.15) is 29.9 Å². The van der Waals surface area contributed by atoms with Gasteiger partial charge in [-0.25, -0.2) is 4.98 Å². The van der Waals surface area contributed by atoms with Crippen molar-refractivity contribution in [1.82, 2.24) is 9.97 Å². The van der Waals surface area contributed by atoms with Gasteiger partial charge in [-0.15, -0.1) is 0 Å². The van der Waals surface area contributed by atoms with E-state index in [1.807, 2.05) is 19.9 Å². The molecule has 6 heteroatoms. The van der Waals surface area contributed by atoms with Crippen molar-refractivity contribution in [2.75, 3.05) is 11.9 Å². The average Bonchev–Trinajstić information content (AvgIpc) is 2.87. The van der Waals surface area contributed by atoms with Crippen LogP contribution < -0.4 is 14.8 Å². The first-order valence-corrected chi connectivity index (χ1v) is 7.21. The van der Waals surface area contributed by atoms with E-state index >= 15 is 0 Å². The van der Waals surface area contributed by atoms with Crippen LogP contribution in [-0.4, -0.2) is 28.6 Å². The number of anilines is 1. The number of rotatable bonds is 4. The van der Waals surface area contributed by atoms with Gasteiger partial charge in [-0.1, -0.05) is 0 Å². The Labute approximate surface area is 128 Å². The zero-order valence-corrected chi connectivity index (χ0v) is 12.5. The van der Waals surface area contributed by atoms with Gasteiger partial charge < -0.3 is 14.8 Å². The number of ether oxygens (including phenoxy) is 2. The molecule has 0 spiro atoms. The van der Waals surface area contributed by atoms with Gasteiger partial charge in [0, 0.05) is 30.4 Å². The highest BCUT2D eigenvalue weighted by Crippen LogP contribution is 2.38. The lowest BCUT2D eigenvalue weighted by atomic mass is 10.1. The van der Waals surface area contributed by atoms with Crippen LogP contribution in [0, 0.1) is 0 Å². The third-order valence-electron chi connectivity index (χ3n) is 3.34. The quantitative estimate of drug-likeness (QED) is 0.938. The van der Waals surface area contributed by atoms with Crippen LogP contribution in [0.4, 0.5) is 5.69 Å². The molecule has 1 amide bonds. The first kappa shape index (κ1) is 14.3. The predicted octanol–water partition coefficient (Wildman–Crippen LogP) is 2.45. The highest BCUT2D eigenvalue weighted by atomic mass is 16.5. The van der Waals surface area contributed by atoms with Crippen molar-refractivity contribution >= 4 is 11.6 Å². The standard InChI is InChI=1S/C16H17N3O3/c1-3-21-15-7-11-6-10(2)22-14(11)8-12(15)19-16(20)13-9-17-4-5-18-13/h4-5,7-10H,3,6H2,1-2H3,(H,19,20)/t10-/m1/s1. The Hall–Kier alpha value is -2.63. The largest absolute Gasteiger partial charge is 0.492 e. The maximum absolute atomic E-state index is 12.2. The van der Waals surface area contributed by atoms with Crippen molar-refractivity contribution in [3.8, 4) is 11.5 Å². The lowest BCUT2D eigenvalue weighted by Gasteiger charge is -2.13. The molecule has 1 atom stereocenters. The molecule has 114 valence electrons. The summed E-state index contributed by atoms with van der Waals surface area (Å²) in [5.74, 6) is 1.08. The smallest absolute Gasteiger partial charge is 0.275 e. The third-order valence-corrected chi connectivity index (χ3v) is 3.34. The van der Waals surface area contributed by atoms with E-state index in [1.54, 1.807) is 6.07 Å². The molecule has 1 aliphatic heterocycles. The lowest BCUT2D eigenvalue weighted by molar-refractivity contribution is 0.102. The van der Waals surface area contributed by atoms with Crippen molar-refractivity contribution in [2.45, 2.75) is 26.4 Å². The van der Waals surface area contributed by atoms with Gasteiger partial charge in [0.25, 0.3) is 5.91 Å². The molecule has 1 aromatic heterocycles. The molecule has 0 radical (unpaired) electrons. The van der Waals surface area contributed by atoms with E-state index in [0.717, 1.165) is 17.7 Å². The van der Waals surface area contributed by atoms with Gasteiger partial charge in [-0.2, -0.15) is 0 Å². The van der Waals surface area contributed by atoms with Gasteiger partial charge in [0.15, 0.2) is 0 Å². The summed E-state index contributed by atoms with van der Waals surface area (Å²) in [6, 6.07) is 3.73. The molecule has 0 bridgehead atoms. The molecule has 0 unspecified atom stereocenters. The number of amides is 1. The maximum atomic E-state index is 12.2. The molecule has 0 saturated heterocycles. The number of benzene rings is 1. The first-order valence-electron chi connectivity index (χ1n) is 7.21. The van der Waals surface area contributed by atoms with Crippen LogP contribution in [0.5, 0.6) is 11.5 Å². The number of carbonyl (C=O) groups excluding carboxylic acids is 1. The van der Waals surface area contributed by atoms with E-state index < -0.39 is 0 Å².